The summed E-state index contributed by atoms with van der Waals surface area (Å²) in [7, 11) is -2.27. The second-order valence-corrected chi connectivity index (χ2v) is 9.46. The second kappa shape index (κ2) is 12.6. The number of benzene rings is 1. The number of carbonyl (C=O) groups is 1. The number of carboxylic acid groups (broad SMARTS) is 1. The standard InChI is InChI=1S/C22H26FN3O5S.Ca/c1-14(2)20-18(8-6-5-7-17(27)13-19(28)29)21(15-9-11-16(23)12-10-15)25-22(24-20)26(3)32(4,30)31;/h5-12,14,17,27H,13H2,1-4H3,(H,28,29);/q;+2/p-1/b7-5+,8-6+;/t17-;/m1./s1. The van der Waals surface area contributed by atoms with E-state index in [0.29, 0.717) is 22.5 Å². The molecule has 2 aromatic rings. The third-order valence-corrected chi connectivity index (χ3v) is 5.65. The van der Waals surface area contributed by atoms with Crippen LogP contribution in [-0.2, 0) is 14.8 Å². The largest absolute Gasteiger partial charge is 2.00 e. The Labute approximate surface area is 222 Å². The van der Waals surface area contributed by atoms with Crippen molar-refractivity contribution in [1.82, 2.24) is 9.97 Å². The molecule has 0 bridgehead atoms. The van der Waals surface area contributed by atoms with Crippen molar-refractivity contribution in [3.63, 3.8) is 0 Å². The molecule has 1 heterocycles. The normalized spacial score (nSPS) is 12.8. The van der Waals surface area contributed by atoms with Crippen LogP contribution in [0.15, 0.2) is 42.5 Å². The fraction of sp³-hybridized carbons (Fsp3) is 0.318. The van der Waals surface area contributed by atoms with Gasteiger partial charge in [0.1, 0.15) is 5.82 Å². The summed E-state index contributed by atoms with van der Waals surface area (Å²) in [4.78, 5) is 19.4. The van der Waals surface area contributed by atoms with Crippen LogP contribution in [0, 0.1) is 5.82 Å². The van der Waals surface area contributed by atoms with Gasteiger partial charge in [0.05, 0.1) is 23.7 Å². The zero-order chi connectivity index (χ0) is 24.1. The quantitative estimate of drug-likeness (QED) is 0.407. The molecule has 1 N–H and O–H groups in total. The van der Waals surface area contributed by atoms with Crippen molar-refractivity contribution < 1.29 is 27.8 Å². The van der Waals surface area contributed by atoms with Crippen molar-refractivity contribution in [2.75, 3.05) is 17.6 Å². The van der Waals surface area contributed by atoms with E-state index < -0.39 is 34.3 Å². The van der Waals surface area contributed by atoms with E-state index in [9.17, 15) is 27.8 Å². The molecule has 11 heteroatoms. The molecule has 0 aliphatic rings. The third-order valence-electron chi connectivity index (χ3n) is 4.49. The van der Waals surface area contributed by atoms with Crippen LogP contribution in [0.3, 0.4) is 0 Å². The fourth-order valence-corrected chi connectivity index (χ4v) is 3.16. The van der Waals surface area contributed by atoms with Gasteiger partial charge in [0.25, 0.3) is 0 Å². The summed E-state index contributed by atoms with van der Waals surface area (Å²) in [5.74, 6) is -1.93. The molecule has 1 aromatic carbocycles. The number of nitrogens with zero attached hydrogens (tertiary/aromatic N) is 3. The molecule has 0 saturated heterocycles. The smallest absolute Gasteiger partial charge is 0.550 e. The molecule has 0 amide bonds. The van der Waals surface area contributed by atoms with Gasteiger partial charge in [0, 0.05) is 30.6 Å². The molecule has 172 valence electrons. The molecule has 1 atom stereocenters. The number of anilines is 1. The van der Waals surface area contributed by atoms with Gasteiger partial charge < -0.3 is 15.0 Å². The number of halogens is 1. The molecule has 0 saturated carbocycles. The van der Waals surface area contributed by atoms with E-state index in [1.54, 1.807) is 12.2 Å². The Morgan fingerprint density at radius 1 is 1.21 bits per heavy atom. The Kier molecular flexibility index (Phi) is 11.1. The maximum absolute atomic E-state index is 13.5. The number of rotatable bonds is 9. The Morgan fingerprint density at radius 2 is 1.82 bits per heavy atom. The molecule has 1 aromatic heterocycles. The Bertz CT molecular complexity index is 1140. The van der Waals surface area contributed by atoms with Gasteiger partial charge in [0.2, 0.25) is 16.0 Å². The first-order valence-electron chi connectivity index (χ1n) is 9.74. The van der Waals surface area contributed by atoms with Crippen LogP contribution in [0.2, 0.25) is 0 Å². The monoisotopic (exact) mass is 502 g/mol. The van der Waals surface area contributed by atoms with E-state index >= 15 is 0 Å². The Hall–Kier alpha value is -1.85. The fourth-order valence-electron chi connectivity index (χ4n) is 2.78. The van der Waals surface area contributed by atoms with E-state index in [2.05, 4.69) is 9.97 Å². The van der Waals surface area contributed by atoms with Gasteiger partial charge >= 0.3 is 37.7 Å². The minimum Gasteiger partial charge on any atom is -0.550 e. The van der Waals surface area contributed by atoms with Gasteiger partial charge in [-0.1, -0.05) is 38.2 Å². The molecule has 0 radical (unpaired) electrons. The molecule has 33 heavy (non-hydrogen) atoms. The number of allylic oxidation sites excluding steroid dienone is 2. The van der Waals surface area contributed by atoms with Gasteiger partial charge in [0.15, 0.2) is 0 Å². The van der Waals surface area contributed by atoms with Gasteiger partial charge in [-0.2, -0.15) is 0 Å². The van der Waals surface area contributed by atoms with Crippen molar-refractivity contribution in [3.8, 4) is 11.3 Å². The SMILES string of the molecule is CC(C)c1nc(N(C)S(C)(=O)=O)nc(-c2ccc(F)cc2)c1/C=C/C=C/[C@@H](O)CC(=O)[O-].[Ca+2]. The number of hydrogen-bond donors (Lipinski definition) is 1. The van der Waals surface area contributed by atoms with Crippen molar-refractivity contribution in [3.05, 3.63) is 59.6 Å². The van der Waals surface area contributed by atoms with Gasteiger partial charge in [-0.05, 0) is 30.2 Å². The van der Waals surface area contributed by atoms with Crippen LogP contribution in [0.1, 0.15) is 37.4 Å². The zero-order valence-corrected chi connectivity index (χ0v) is 21.9. The summed E-state index contributed by atoms with van der Waals surface area (Å²) < 4.78 is 38.5. The van der Waals surface area contributed by atoms with E-state index in [1.165, 1.54) is 43.5 Å². The van der Waals surface area contributed by atoms with Crippen LogP contribution in [0.25, 0.3) is 17.3 Å². The summed E-state index contributed by atoms with van der Waals surface area (Å²) in [6.07, 6.45) is 5.33. The first-order chi connectivity index (χ1) is 14.9. The number of aliphatic hydroxyl groups is 1. The van der Waals surface area contributed by atoms with E-state index in [-0.39, 0.29) is 49.6 Å². The predicted octanol–water partition coefficient (Wildman–Crippen LogP) is 1.49. The first kappa shape index (κ1) is 29.2. The van der Waals surface area contributed by atoms with Crippen molar-refractivity contribution in [2.45, 2.75) is 32.3 Å². The number of sulfonamides is 1. The first-order valence-corrected chi connectivity index (χ1v) is 11.6. The molecular weight excluding hydrogens is 477 g/mol. The van der Waals surface area contributed by atoms with E-state index in [1.807, 2.05) is 13.8 Å². The van der Waals surface area contributed by atoms with Crippen LogP contribution >= 0.6 is 0 Å². The molecule has 0 aliphatic heterocycles. The number of aliphatic hydroxyl groups excluding tert-OH is 1. The Balaban J connectivity index is 0.00000544. The minimum absolute atomic E-state index is 0. The van der Waals surface area contributed by atoms with E-state index in [0.717, 1.165) is 10.6 Å². The maximum Gasteiger partial charge on any atom is 2.00 e. The molecule has 0 aliphatic carbocycles. The third kappa shape index (κ3) is 8.46. The van der Waals surface area contributed by atoms with Crippen molar-refractivity contribution >= 4 is 65.8 Å². The summed E-state index contributed by atoms with van der Waals surface area (Å²) in [5, 5.41) is 20.2. The topological polar surface area (TPSA) is 124 Å². The summed E-state index contributed by atoms with van der Waals surface area (Å²) in [6.45, 7) is 3.77. The average Bonchev–Trinajstić information content (AvgIpc) is 2.69. The number of carbonyl (C=O) groups excluding carboxylic acids is 1. The molecule has 0 spiro atoms. The molecular formula is C22H25CaFN3O5S+. The van der Waals surface area contributed by atoms with Crippen LogP contribution in [-0.4, -0.2) is 86.6 Å². The predicted molar refractivity (Wildman–Crippen MR) is 124 cm³/mol. The Morgan fingerprint density at radius 3 is 2.33 bits per heavy atom. The van der Waals surface area contributed by atoms with E-state index in [4.69, 9.17) is 0 Å². The summed E-state index contributed by atoms with van der Waals surface area (Å²) in [6, 6.07) is 5.61. The molecule has 2 rings (SSSR count). The molecule has 0 unspecified atom stereocenters. The van der Waals surface area contributed by atoms with Crippen LogP contribution in [0.5, 0.6) is 0 Å². The van der Waals surface area contributed by atoms with Crippen molar-refractivity contribution in [2.24, 2.45) is 0 Å². The van der Waals surface area contributed by atoms with Crippen molar-refractivity contribution in [1.29, 1.82) is 0 Å². The van der Waals surface area contributed by atoms with Crippen LogP contribution in [0.4, 0.5) is 10.3 Å². The average molecular weight is 503 g/mol. The number of aromatic nitrogens is 2. The van der Waals surface area contributed by atoms with Crippen LogP contribution < -0.4 is 9.41 Å². The van der Waals surface area contributed by atoms with Gasteiger partial charge in [-0.25, -0.2) is 27.1 Å². The zero-order valence-electron chi connectivity index (χ0n) is 18.9. The maximum atomic E-state index is 13.5. The summed E-state index contributed by atoms with van der Waals surface area (Å²) in [5.41, 5.74) is 2.09. The molecule has 0 fully saturated rings. The van der Waals surface area contributed by atoms with Gasteiger partial charge in [-0.3, -0.25) is 0 Å². The molecule has 8 nitrogen and oxygen atoms in total. The number of carboxylic acids is 1. The summed E-state index contributed by atoms with van der Waals surface area (Å²) >= 11 is 0. The second-order valence-electron chi connectivity index (χ2n) is 7.45. The number of hydrogen-bond acceptors (Lipinski definition) is 7. The number of aliphatic carboxylic acids is 1. The minimum atomic E-state index is -3.62. The van der Waals surface area contributed by atoms with Gasteiger partial charge in [-0.15, -0.1) is 0 Å².